The second-order valence-electron chi connectivity index (χ2n) is 7.84. The molecule has 1 heterocycles. The van der Waals surface area contributed by atoms with E-state index in [1.807, 2.05) is 38.4 Å². The predicted molar refractivity (Wildman–Crippen MR) is 110 cm³/mol. The van der Waals surface area contributed by atoms with Crippen molar-refractivity contribution < 1.29 is 13.9 Å². The minimum atomic E-state index is -0.453. The topological polar surface area (TPSA) is 41.6 Å². The molecule has 28 heavy (non-hydrogen) atoms. The first kappa shape index (κ1) is 20.5. The number of amides is 1. The Morgan fingerprint density at radius 2 is 1.79 bits per heavy atom. The summed E-state index contributed by atoms with van der Waals surface area (Å²) in [5, 5.41) is 3.11. The molecule has 0 spiro atoms. The lowest BCUT2D eigenvalue weighted by Gasteiger charge is -2.36. The molecule has 5 heteroatoms. The van der Waals surface area contributed by atoms with Crippen LogP contribution in [0.5, 0.6) is 0 Å². The third kappa shape index (κ3) is 5.18. The highest BCUT2D eigenvalue weighted by molar-refractivity contribution is 5.83. The molecular formula is C23H29FN2O2. The Morgan fingerprint density at radius 3 is 2.46 bits per heavy atom. The van der Waals surface area contributed by atoms with Crippen molar-refractivity contribution >= 4 is 5.91 Å². The number of nitrogens with zero attached hydrogens (tertiary/aromatic N) is 1. The maximum absolute atomic E-state index is 13.6. The summed E-state index contributed by atoms with van der Waals surface area (Å²) in [7, 11) is 3.99. The van der Waals surface area contributed by atoms with Crippen molar-refractivity contribution in [3.63, 3.8) is 0 Å². The first-order valence-corrected chi connectivity index (χ1v) is 9.84. The van der Waals surface area contributed by atoms with Gasteiger partial charge in [0.25, 0.3) is 0 Å². The molecule has 150 valence electrons. The van der Waals surface area contributed by atoms with Gasteiger partial charge in [-0.1, -0.05) is 36.4 Å². The standard InChI is InChI=1S/C23H29FN2O2/c1-26(2)12-11-25-22(27)23(9-13-28-14-10-23)17-18-5-3-6-19(15-18)20-7-4-8-21(24)16-20/h3-8,15-16H,9-14,17H2,1-2H3,(H,25,27). The van der Waals surface area contributed by atoms with E-state index in [4.69, 9.17) is 4.74 Å². The van der Waals surface area contributed by atoms with Gasteiger partial charge in [0.1, 0.15) is 5.82 Å². The van der Waals surface area contributed by atoms with Gasteiger partial charge in [0.05, 0.1) is 5.41 Å². The Bertz CT molecular complexity index is 801. The molecule has 3 rings (SSSR count). The van der Waals surface area contributed by atoms with E-state index in [0.717, 1.165) is 23.2 Å². The first-order valence-electron chi connectivity index (χ1n) is 9.84. The van der Waals surface area contributed by atoms with Crippen molar-refractivity contribution in [2.75, 3.05) is 40.4 Å². The molecule has 0 aliphatic carbocycles. The molecule has 0 radical (unpaired) electrons. The van der Waals surface area contributed by atoms with Crippen LogP contribution in [0, 0.1) is 11.2 Å². The molecule has 2 aromatic rings. The monoisotopic (exact) mass is 384 g/mol. The number of hydrogen-bond donors (Lipinski definition) is 1. The van der Waals surface area contributed by atoms with Gasteiger partial charge in [-0.25, -0.2) is 4.39 Å². The van der Waals surface area contributed by atoms with E-state index in [-0.39, 0.29) is 11.7 Å². The first-order chi connectivity index (χ1) is 13.5. The molecule has 0 bridgehead atoms. The summed E-state index contributed by atoms with van der Waals surface area (Å²) in [5.41, 5.74) is 2.45. The maximum Gasteiger partial charge on any atom is 0.226 e. The average Bonchev–Trinajstić information content (AvgIpc) is 2.68. The Kier molecular flexibility index (Phi) is 6.81. The van der Waals surface area contributed by atoms with Gasteiger partial charge in [0, 0.05) is 26.3 Å². The van der Waals surface area contributed by atoms with Gasteiger partial charge in [-0.15, -0.1) is 0 Å². The lowest BCUT2D eigenvalue weighted by molar-refractivity contribution is -0.136. The molecule has 2 aromatic carbocycles. The third-order valence-corrected chi connectivity index (χ3v) is 5.40. The highest BCUT2D eigenvalue weighted by Gasteiger charge is 2.39. The van der Waals surface area contributed by atoms with Gasteiger partial charge in [-0.2, -0.15) is 0 Å². The van der Waals surface area contributed by atoms with Crippen LogP contribution >= 0.6 is 0 Å². The van der Waals surface area contributed by atoms with Crippen LogP contribution in [0.25, 0.3) is 11.1 Å². The third-order valence-electron chi connectivity index (χ3n) is 5.40. The summed E-state index contributed by atoms with van der Waals surface area (Å²) in [5.74, 6) is -0.141. The van der Waals surface area contributed by atoms with E-state index >= 15 is 0 Å². The quantitative estimate of drug-likeness (QED) is 0.794. The Labute approximate surface area is 166 Å². The summed E-state index contributed by atoms with van der Waals surface area (Å²) >= 11 is 0. The molecule has 1 aliphatic heterocycles. The summed E-state index contributed by atoms with van der Waals surface area (Å²) in [6.45, 7) is 2.65. The Morgan fingerprint density at radius 1 is 1.11 bits per heavy atom. The number of ether oxygens (including phenoxy) is 1. The number of nitrogens with one attached hydrogen (secondary N) is 1. The van der Waals surface area contributed by atoms with E-state index in [2.05, 4.69) is 16.3 Å². The number of carbonyl (C=O) groups excluding carboxylic acids is 1. The van der Waals surface area contributed by atoms with Crippen molar-refractivity contribution in [1.82, 2.24) is 10.2 Å². The molecular weight excluding hydrogens is 355 g/mol. The van der Waals surface area contributed by atoms with Gasteiger partial charge in [-0.05, 0) is 62.2 Å². The van der Waals surface area contributed by atoms with E-state index in [0.29, 0.717) is 39.0 Å². The van der Waals surface area contributed by atoms with Crippen molar-refractivity contribution in [2.45, 2.75) is 19.3 Å². The van der Waals surface area contributed by atoms with Crippen LogP contribution in [-0.2, 0) is 16.0 Å². The zero-order valence-corrected chi connectivity index (χ0v) is 16.7. The smallest absolute Gasteiger partial charge is 0.226 e. The fraction of sp³-hybridized carbons (Fsp3) is 0.435. The lowest BCUT2D eigenvalue weighted by Crippen LogP contribution is -2.47. The van der Waals surface area contributed by atoms with Crippen LogP contribution < -0.4 is 5.32 Å². The molecule has 1 amide bonds. The number of likely N-dealkylation sites (N-methyl/N-ethyl adjacent to an activating group) is 1. The second kappa shape index (κ2) is 9.30. The highest BCUT2D eigenvalue weighted by Crippen LogP contribution is 2.35. The predicted octanol–water partition coefficient (Wildman–Crippen LogP) is 3.51. The lowest BCUT2D eigenvalue weighted by atomic mass is 9.74. The minimum absolute atomic E-state index is 0.105. The van der Waals surface area contributed by atoms with Gasteiger partial charge in [0.2, 0.25) is 5.91 Å². The molecule has 0 unspecified atom stereocenters. The highest BCUT2D eigenvalue weighted by atomic mass is 19.1. The fourth-order valence-electron chi connectivity index (χ4n) is 3.75. The second-order valence-corrected chi connectivity index (χ2v) is 7.84. The Balaban J connectivity index is 1.79. The number of carbonyl (C=O) groups is 1. The van der Waals surface area contributed by atoms with Gasteiger partial charge in [-0.3, -0.25) is 4.79 Å². The van der Waals surface area contributed by atoms with Crippen LogP contribution in [0.4, 0.5) is 4.39 Å². The van der Waals surface area contributed by atoms with Gasteiger partial charge < -0.3 is 15.0 Å². The van der Waals surface area contributed by atoms with E-state index in [9.17, 15) is 9.18 Å². The largest absolute Gasteiger partial charge is 0.381 e. The van der Waals surface area contributed by atoms with E-state index < -0.39 is 5.41 Å². The molecule has 0 atom stereocenters. The van der Waals surface area contributed by atoms with Gasteiger partial charge >= 0.3 is 0 Å². The summed E-state index contributed by atoms with van der Waals surface area (Å²) in [6, 6.07) is 14.7. The molecule has 1 N–H and O–H groups in total. The number of benzene rings is 2. The molecule has 1 fully saturated rings. The summed E-state index contributed by atoms with van der Waals surface area (Å²) < 4.78 is 19.1. The van der Waals surface area contributed by atoms with Crippen LogP contribution in [0.15, 0.2) is 48.5 Å². The normalized spacial score (nSPS) is 16.1. The average molecular weight is 384 g/mol. The zero-order chi connectivity index (χ0) is 20.0. The number of halogens is 1. The zero-order valence-electron chi connectivity index (χ0n) is 16.7. The fourth-order valence-corrected chi connectivity index (χ4v) is 3.75. The molecule has 0 saturated carbocycles. The number of rotatable bonds is 7. The SMILES string of the molecule is CN(C)CCNC(=O)C1(Cc2cccc(-c3cccc(F)c3)c2)CCOCC1. The van der Waals surface area contributed by atoms with Gasteiger partial charge in [0.15, 0.2) is 0 Å². The number of hydrogen-bond acceptors (Lipinski definition) is 3. The van der Waals surface area contributed by atoms with Crippen LogP contribution in [-0.4, -0.2) is 51.2 Å². The molecule has 0 aromatic heterocycles. The van der Waals surface area contributed by atoms with Crippen molar-refractivity contribution in [3.05, 3.63) is 59.9 Å². The van der Waals surface area contributed by atoms with Crippen LogP contribution in [0.2, 0.25) is 0 Å². The molecule has 1 saturated heterocycles. The minimum Gasteiger partial charge on any atom is -0.381 e. The maximum atomic E-state index is 13.6. The summed E-state index contributed by atoms with van der Waals surface area (Å²) in [4.78, 5) is 15.1. The van der Waals surface area contributed by atoms with Crippen molar-refractivity contribution in [3.8, 4) is 11.1 Å². The molecule has 1 aliphatic rings. The van der Waals surface area contributed by atoms with Crippen molar-refractivity contribution in [2.24, 2.45) is 5.41 Å². The van der Waals surface area contributed by atoms with E-state index in [1.54, 1.807) is 6.07 Å². The van der Waals surface area contributed by atoms with E-state index in [1.165, 1.54) is 12.1 Å². The van der Waals surface area contributed by atoms with Crippen LogP contribution in [0.3, 0.4) is 0 Å². The summed E-state index contributed by atoms with van der Waals surface area (Å²) in [6.07, 6.45) is 2.09. The molecule has 4 nitrogen and oxygen atoms in total. The van der Waals surface area contributed by atoms with Crippen LogP contribution in [0.1, 0.15) is 18.4 Å². The Hall–Kier alpha value is -2.24. The van der Waals surface area contributed by atoms with Crippen molar-refractivity contribution in [1.29, 1.82) is 0 Å².